The first-order valence-corrected chi connectivity index (χ1v) is 8.19. The molecule has 0 saturated carbocycles. The molecule has 0 aromatic heterocycles. The molecule has 1 aromatic rings. The summed E-state index contributed by atoms with van der Waals surface area (Å²) in [6, 6.07) is 7.08. The fourth-order valence-electron chi connectivity index (χ4n) is 2.94. The quantitative estimate of drug-likeness (QED) is 0.819. The van der Waals surface area contributed by atoms with Crippen LogP contribution >= 0.6 is 0 Å². The van der Waals surface area contributed by atoms with Crippen LogP contribution in [-0.4, -0.2) is 41.1 Å². The third-order valence-electron chi connectivity index (χ3n) is 4.36. The number of piperidine rings is 1. The van der Waals surface area contributed by atoms with Crippen LogP contribution in [0.2, 0.25) is 0 Å². The monoisotopic (exact) mass is 319 g/mol. The van der Waals surface area contributed by atoms with Crippen LogP contribution in [0.3, 0.4) is 0 Å². The number of hydrogen-bond donors (Lipinski definition) is 1. The number of carbonyl (C=O) groups excluding carboxylic acids is 1. The van der Waals surface area contributed by atoms with Gasteiger partial charge in [-0.25, -0.2) is 4.79 Å². The zero-order valence-electron chi connectivity index (χ0n) is 13.8. The maximum Gasteiger partial charge on any atom is 0.326 e. The molecule has 2 unspecified atom stereocenters. The minimum absolute atomic E-state index is 0.0855. The van der Waals surface area contributed by atoms with E-state index in [9.17, 15) is 14.7 Å². The highest BCUT2D eigenvalue weighted by atomic mass is 16.5. The maximum absolute atomic E-state index is 12.3. The SMILES string of the molecule is Cc1ccccc1OCCCC(=O)N1CCC(C)CC1C(=O)O. The van der Waals surface area contributed by atoms with Crippen molar-refractivity contribution in [3.05, 3.63) is 29.8 Å². The number of rotatable bonds is 6. The van der Waals surface area contributed by atoms with Crippen molar-refractivity contribution in [2.75, 3.05) is 13.2 Å². The summed E-state index contributed by atoms with van der Waals surface area (Å²) in [6.07, 6.45) is 2.33. The number of aliphatic carboxylic acids is 1. The molecular weight excluding hydrogens is 294 g/mol. The lowest BCUT2D eigenvalue weighted by Crippen LogP contribution is -2.49. The van der Waals surface area contributed by atoms with Gasteiger partial charge in [0.05, 0.1) is 6.61 Å². The Morgan fingerprint density at radius 2 is 2.09 bits per heavy atom. The Kier molecular flexibility index (Phi) is 6.02. The van der Waals surface area contributed by atoms with Gasteiger partial charge in [-0.05, 0) is 43.7 Å². The molecule has 0 radical (unpaired) electrons. The van der Waals surface area contributed by atoms with Gasteiger partial charge in [0.25, 0.3) is 0 Å². The van der Waals surface area contributed by atoms with E-state index in [1.807, 2.05) is 38.1 Å². The van der Waals surface area contributed by atoms with Gasteiger partial charge in [0.15, 0.2) is 0 Å². The van der Waals surface area contributed by atoms with E-state index >= 15 is 0 Å². The molecular formula is C18H25NO4. The summed E-state index contributed by atoms with van der Waals surface area (Å²) < 4.78 is 5.68. The number of benzene rings is 1. The van der Waals surface area contributed by atoms with Gasteiger partial charge in [-0.1, -0.05) is 25.1 Å². The van der Waals surface area contributed by atoms with E-state index in [0.29, 0.717) is 38.3 Å². The summed E-state index contributed by atoms with van der Waals surface area (Å²) >= 11 is 0. The first-order chi connectivity index (χ1) is 11.0. The molecule has 23 heavy (non-hydrogen) atoms. The molecule has 1 aliphatic heterocycles. The number of amides is 1. The first kappa shape index (κ1) is 17.3. The fraction of sp³-hybridized carbons (Fsp3) is 0.556. The summed E-state index contributed by atoms with van der Waals surface area (Å²) in [6.45, 7) is 5.01. The van der Waals surface area contributed by atoms with Crippen molar-refractivity contribution in [2.24, 2.45) is 5.92 Å². The molecule has 1 amide bonds. The van der Waals surface area contributed by atoms with Crippen molar-refractivity contribution >= 4 is 11.9 Å². The summed E-state index contributed by atoms with van der Waals surface area (Å²) in [5, 5.41) is 9.31. The number of carbonyl (C=O) groups is 2. The van der Waals surface area contributed by atoms with Gasteiger partial charge in [0.2, 0.25) is 5.91 Å². The summed E-state index contributed by atoms with van der Waals surface area (Å²) in [5.74, 6) is 0.193. The van der Waals surface area contributed by atoms with E-state index in [1.165, 1.54) is 4.90 Å². The topological polar surface area (TPSA) is 66.8 Å². The molecule has 1 saturated heterocycles. The van der Waals surface area contributed by atoms with Gasteiger partial charge in [-0.3, -0.25) is 4.79 Å². The van der Waals surface area contributed by atoms with E-state index in [4.69, 9.17) is 4.74 Å². The van der Waals surface area contributed by atoms with Gasteiger partial charge in [0, 0.05) is 13.0 Å². The third-order valence-corrected chi connectivity index (χ3v) is 4.36. The average molecular weight is 319 g/mol. The predicted molar refractivity (Wildman–Crippen MR) is 87.4 cm³/mol. The molecule has 1 aliphatic rings. The molecule has 5 heteroatoms. The third kappa shape index (κ3) is 4.71. The summed E-state index contributed by atoms with van der Waals surface area (Å²) in [7, 11) is 0. The zero-order valence-corrected chi connectivity index (χ0v) is 13.8. The normalized spacial score (nSPS) is 21.0. The highest BCUT2D eigenvalue weighted by molar-refractivity contribution is 5.83. The molecule has 5 nitrogen and oxygen atoms in total. The highest BCUT2D eigenvalue weighted by Crippen LogP contribution is 2.23. The molecule has 0 spiro atoms. The van der Waals surface area contributed by atoms with E-state index < -0.39 is 12.0 Å². The van der Waals surface area contributed by atoms with Crippen LogP contribution in [0.5, 0.6) is 5.75 Å². The zero-order chi connectivity index (χ0) is 16.8. The second-order valence-corrected chi connectivity index (χ2v) is 6.29. The predicted octanol–water partition coefficient (Wildman–Crippen LogP) is 2.87. The summed E-state index contributed by atoms with van der Waals surface area (Å²) in [5.41, 5.74) is 1.06. The highest BCUT2D eigenvalue weighted by Gasteiger charge is 2.34. The molecule has 1 heterocycles. The van der Waals surface area contributed by atoms with Crippen molar-refractivity contribution in [1.29, 1.82) is 0 Å². The van der Waals surface area contributed by atoms with Gasteiger partial charge in [-0.2, -0.15) is 0 Å². The van der Waals surface area contributed by atoms with Crippen molar-refractivity contribution in [1.82, 2.24) is 4.90 Å². The van der Waals surface area contributed by atoms with Crippen LogP contribution in [0.4, 0.5) is 0 Å². The minimum atomic E-state index is -0.902. The van der Waals surface area contributed by atoms with Crippen LogP contribution in [-0.2, 0) is 9.59 Å². The summed E-state index contributed by atoms with van der Waals surface area (Å²) in [4.78, 5) is 25.2. The number of hydrogen-bond acceptors (Lipinski definition) is 3. The van der Waals surface area contributed by atoms with Crippen molar-refractivity contribution in [3.8, 4) is 5.75 Å². The second-order valence-electron chi connectivity index (χ2n) is 6.29. The average Bonchev–Trinajstić information content (AvgIpc) is 2.52. The molecule has 0 aliphatic carbocycles. The molecule has 2 rings (SSSR count). The number of likely N-dealkylation sites (tertiary alicyclic amines) is 1. The Balaban J connectivity index is 1.80. The standard InChI is InChI=1S/C18H25NO4/c1-13-9-10-19(15(12-13)18(21)22)17(20)8-5-11-23-16-7-4-3-6-14(16)2/h3-4,6-7,13,15H,5,8-12H2,1-2H3,(H,21,22). The van der Waals surface area contributed by atoms with Gasteiger partial charge >= 0.3 is 5.97 Å². The molecule has 1 fully saturated rings. The Morgan fingerprint density at radius 1 is 1.35 bits per heavy atom. The molecule has 1 N–H and O–H groups in total. The second kappa shape index (κ2) is 7.99. The number of carboxylic acid groups (broad SMARTS) is 1. The van der Waals surface area contributed by atoms with Crippen LogP contribution < -0.4 is 4.74 Å². The van der Waals surface area contributed by atoms with Gasteiger partial charge in [0.1, 0.15) is 11.8 Å². The number of aryl methyl sites for hydroxylation is 1. The van der Waals surface area contributed by atoms with Crippen LogP contribution in [0.15, 0.2) is 24.3 Å². The maximum atomic E-state index is 12.3. The Labute approximate surface area is 137 Å². The Hall–Kier alpha value is -2.04. The Bertz CT molecular complexity index is 558. The molecule has 1 aromatic carbocycles. The van der Waals surface area contributed by atoms with Gasteiger partial charge in [-0.15, -0.1) is 0 Å². The lowest BCUT2D eigenvalue weighted by atomic mass is 9.92. The van der Waals surface area contributed by atoms with Crippen LogP contribution in [0, 0.1) is 12.8 Å². The number of carboxylic acids is 1. The Morgan fingerprint density at radius 3 is 2.78 bits per heavy atom. The smallest absolute Gasteiger partial charge is 0.326 e. The molecule has 0 bridgehead atoms. The van der Waals surface area contributed by atoms with E-state index in [1.54, 1.807) is 0 Å². The van der Waals surface area contributed by atoms with E-state index in [2.05, 4.69) is 0 Å². The number of ether oxygens (including phenoxy) is 1. The van der Waals surface area contributed by atoms with Crippen LogP contribution in [0.25, 0.3) is 0 Å². The lowest BCUT2D eigenvalue weighted by Gasteiger charge is -2.36. The van der Waals surface area contributed by atoms with Crippen molar-refractivity contribution in [3.63, 3.8) is 0 Å². The lowest BCUT2D eigenvalue weighted by molar-refractivity contribution is -0.153. The van der Waals surface area contributed by atoms with E-state index in [0.717, 1.165) is 17.7 Å². The molecule has 2 atom stereocenters. The van der Waals surface area contributed by atoms with Gasteiger partial charge < -0.3 is 14.7 Å². The largest absolute Gasteiger partial charge is 0.493 e. The van der Waals surface area contributed by atoms with E-state index in [-0.39, 0.29) is 5.91 Å². The minimum Gasteiger partial charge on any atom is -0.493 e. The number of para-hydroxylation sites is 1. The first-order valence-electron chi connectivity index (χ1n) is 8.19. The van der Waals surface area contributed by atoms with Crippen LogP contribution in [0.1, 0.15) is 38.2 Å². The van der Waals surface area contributed by atoms with Crippen molar-refractivity contribution in [2.45, 2.75) is 45.6 Å². The number of nitrogens with zero attached hydrogens (tertiary/aromatic N) is 1. The van der Waals surface area contributed by atoms with Crippen molar-refractivity contribution < 1.29 is 19.4 Å². The molecule has 126 valence electrons. The fourth-order valence-corrected chi connectivity index (χ4v) is 2.94.